The van der Waals surface area contributed by atoms with Crippen molar-refractivity contribution in [1.82, 2.24) is 9.97 Å². The van der Waals surface area contributed by atoms with Gasteiger partial charge >= 0.3 is 28.3 Å². The molecule has 0 aliphatic heterocycles. The van der Waals surface area contributed by atoms with E-state index in [0.29, 0.717) is 0 Å². The van der Waals surface area contributed by atoms with Gasteiger partial charge in [0, 0.05) is 5.69 Å². The lowest BCUT2D eigenvalue weighted by molar-refractivity contribution is 0.412. The first-order valence-corrected chi connectivity index (χ1v) is 48.0. The van der Waals surface area contributed by atoms with E-state index in [0.717, 1.165) is 0 Å². The molecule has 0 saturated heterocycles. The Morgan fingerprint density at radius 1 is 0.154 bits per heavy atom. The molecule has 46 heteroatoms. The zero-order valence-corrected chi connectivity index (χ0v) is 76.5. The van der Waals surface area contributed by atoms with E-state index in [1.165, 1.54) is 217 Å². The van der Waals surface area contributed by atoms with Gasteiger partial charge in [0.1, 0.15) is 69.8 Å². The molecule has 0 unspecified atom stereocenters. The number of hydrogen-bond acceptors (Lipinski definition) is 1. The van der Waals surface area contributed by atoms with Crippen LogP contribution in [-0.4, -0.2) is 38.3 Å². The van der Waals surface area contributed by atoms with E-state index in [1.54, 1.807) is 0 Å². The van der Waals surface area contributed by atoms with Crippen molar-refractivity contribution in [2.75, 3.05) is 0 Å². The SMILES string of the molecule is CCCCCCCCCCCCCCCCCc1nc[nH]c1CCCCCCCCCCCCCCCCC.Fc1c(F)c(F)c2c(F)[c]([Al]([c]3c(F)c(F)c4c(F)c(F)c(F)c(F)c4c3F)[c]3c(F)c(F)c4c(F)c(F)c(F)c(F)c4c3F)c(F)c(F)c2c1F.Fc1c(F)c(F)c2c(F)[c]([Al]([c]3c(F)c(F)c4c(F)c(F)c(F)c(F)c4c3F)[c]3c(F)c(F)c4c(F)c(F)c(F)c(F)c4c3F)c(F)c(F)c2c1F. The Bertz CT molecular complexity index is 6100. The molecule has 12 aromatic carbocycles. The summed E-state index contributed by atoms with van der Waals surface area (Å²) in [5.74, 6) is -129. The van der Waals surface area contributed by atoms with Crippen LogP contribution in [0.4, 0.5) is 184 Å². The summed E-state index contributed by atoms with van der Waals surface area (Å²) in [6.07, 6.45) is 47.3. The van der Waals surface area contributed by atoms with Crippen LogP contribution in [0.3, 0.4) is 0 Å². The van der Waals surface area contributed by atoms with Crippen molar-refractivity contribution in [2.24, 2.45) is 0 Å². The second-order valence-corrected chi connectivity index (χ2v) is 39.0. The van der Waals surface area contributed by atoms with Gasteiger partial charge in [0.15, 0.2) is 175 Å². The highest BCUT2D eigenvalue weighted by atomic mass is 27.2. The average molecular weight is 2120 g/mol. The van der Waals surface area contributed by atoms with Crippen LogP contribution in [0.2, 0.25) is 0 Å². The largest absolute Gasteiger partial charge is 0.412 e. The number of nitrogens with zero attached hydrogens (tertiary/aromatic N) is 1. The molecule has 143 heavy (non-hydrogen) atoms. The first-order valence-electron chi connectivity index (χ1n) is 44.6. The Kier molecular flexibility index (Phi) is 37.7. The summed E-state index contributed by atoms with van der Waals surface area (Å²) in [6.45, 7) is 4.61. The fraction of sp³-hybridized carbons (Fsp3) is 0.351. The van der Waals surface area contributed by atoms with E-state index in [4.69, 9.17) is 0 Å². The molecule has 0 aliphatic carbocycles. The highest BCUT2D eigenvalue weighted by Crippen LogP contribution is 2.42. The fourth-order valence-corrected chi connectivity index (χ4v) is 23.9. The van der Waals surface area contributed by atoms with Crippen molar-refractivity contribution in [1.29, 1.82) is 0 Å². The minimum absolute atomic E-state index is 1.18. The fourth-order valence-electron chi connectivity index (χ4n) is 17.5. The van der Waals surface area contributed by atoms with E-state index in [2.05, 4.69) is 23.8 Å². The number of aromatic nitrogens is 2. The Hall–Kier alpha value is -10.5. The molecule has 0 spiro atoms. The molecule has 0 atom stereocenters. The number of unbranched alkanes of at least 4 members (excludes halogenated alkanes) is 28. The zero-order valence-electron chi connectivity index (χ0n) is 74.2. The number of hydrogen-bond donors (Lipinski definition) is 1. The molecule has 0 radical (unpaired) electrons. The minimum Gasteiger partial charge on any atom is -0.348 e. The van der Waals surface area contributed by atoms with Crippen molar-refractivity contribution in [3.05, 3.63) is 262 Å². The molecule has 0 amide bonds. The van der Waals surface area contributed by atoms with Gasteiger partial charge in [-0.25, -0.2) is 189 Å². The van der Waals surface area contributed by atoms with Crippen molar-refractivity contribution < 1.29 is 184 Å². The molecule has 1 heterocycles. The molecule has 1 N–H and O–H groups in total. The summed E-state index contributed by atoms with van der Waals surface area (Å²) >= 11 is -13.3. The van der Waals surface area contributed by atoms with Gasteiger partial charge in [-0.05, 0) is 52.2 Å². The smallest absolute Gasteiger partial charge is 0.348 e. The third-order valence-electron chi connectivity index (χ3n) is 24.8. The number of aryl methyl sites for hydroxylation is 2. The second-order valence-electron chi connectivity index (χ2n) is 33.8. The van der Waals surface area contributed by atoms with Crippen molar-refractivity contribution in [3.8, 4) is 0 Å². The molecule has 1 aromatic heterocycles. The minimum atomic E-state index is -6.63. The van der Waals surface area contributed by atoms with E-state index in [-0.39, 0.29) is 0 Å². The lowest BCUT2D eigenvalue weighted by Gasteiger charge is -2.22. The lowest BCUT2D eigenvalue weighted by atomic mass is 10.0. The maximum atomic E-state index is 16.1. The summed E-state index contributed by atoms with van der Waals surface area (Å²) in [4.78, 5) is 8.10. The van der Waals surface area contributed by atoms with Crippen LogP contribution in [-0.2, 0) is 12.8 Å². The first-order chi connectivity index (χ1) is 67.6. The summed E-state index contributed by atoms with van der Waals surface area (Å²) < 4.78 is 611. The van der Waals surface area contributed by atoms with Crippen LogP contribution in [0, 0.1) is 244 Å². The Labute approximate surface area is 791 Å². The molecule has 770 valence electrons. The Balaban J connectivity index is 0.000000208. The van der Waals surface area contributed by atoms with Gasteiger partial charge in [-0.3, -0.25) is 0 Å². The molecule has 13 rings (SSSR count). The first kappa shape index (κ1) is 113. The van der Waals surface area contributed by atoms with Gasteiger partial charge in [0.2, 0.25) is 0 Å². The van der Waals surface area contributed by atoms with Gasteiger partial charge in [0.25, 0.3) is 0 Å². The Morgan fingerprint density at radius 2 is 0.280 bits per heavy atom. The van der Waals surface area contributed by atoms with Gasteiger partial charge in [-0.15, -0.1) is 0 Å². The third kappa shape index (κ3) is 21.3. The zero-order chi connectivity index (χ0) is 106. The van der Waals surface area contributed by atoms with E-state index >= 15 is 79.0 Å². The van der Waals surface area contributed by atoms with E-state index in [9.17, 15) is 105 Å². The highest BCUT2D eigenvalue weighted by Gasteiger charge is 2.51. The maximum absolute atomic E-state index is 16.1. The van der Waals surface area contributed by atoms with Gasteiger partial charge < -0.3 is 4.98 Å². The normalized spacial score (nSPS) is 11.8. The van der Waals surface area contributed by atoms with Crippen LogP contribution >= 0.6 is 0 Å². The molecule has 0 aliphatic rings. The highest BCUT2D eigenvalue weighted by molar-refractivity contribution is 6.97. The number of aromatic amines is 1. The number of imidazole rings is 1. The van der Waals surface area contributed by atoms with Gasteiger partial charge in [-0.1, -0.05) is 194 Å². The lowest BCUT2D eigenvalue weighted by Crippen LogP contribution is -2.60. The topological polar surface area (TPSA) is 28.7 Å². The van der Waals surface area contributed by atoms with Crippen LogP contribution in [0.1, 0.15) is 218 Å². The number of nitrogens with one attached hydrogen (secondary N) is 1. The standard InChI is InChI=1S/C37H72N2.6C10F7.2Al/c1-3-5-7-9-11-13-15-17-19-21-23-25-27-29-31-33-36-37(39-35-38-36)34-32-30-28-26-24-22-20-18-16-14-12-10-8-6-4-2;6*11-2-1-3(12)6(13)5-4(2)7(14)9(16)10(17)8(5)15;;/h35H,3-34H2,1-2H3,(H,38,39);;;;;;;;. The van der Waals surface area contributed by atoms with Crippen LogP contribution in [0.15, 0.2) is 6.33 Å². The van der Waals surface area contributed by atoms with E-state index in [1.807, 2.05) is 6.33 Å². The van der Waals surface area contributed by atoms with Crippen LogP contribution < -0.4 is 26.6 Å². The number of benzene rings is 12. The third-order valence-corrected chi connectivity index (χ3v) is 31.3. The van der Waals surface area contributed by atoms with Gasteiger partial charge in [-0.2, -0.15) is 0 Å². The maximum Gasteiger partial charge on any atom is 0.412 e. The van der Waals surface area contributed by atoms with E-state index < -0.39 is 364 Å². The molecule has 0 saturated carbocycles. The van der Waals surface area contributed by atoms with Crippen LogP contribution in [0.5, 0.6) is 0 Å². The molecule has 2 nitrogen and oxygen atoms in total. The number of H-pyrrole nitrogens is 1. The van der Waals surface area contributed by atoms with Crippen molar-refractivity contribution >= 4 is 119 Å². The Morgan fingerprint density at radius 3 is 0.434 bits per heavy atom. The summed E-state index contributed by atoms with van der Waals surface area (Å²) in [6, 6.07) is 0. The molecular weight excluding hydrogens is 2040 g/mol. The second kappa shape index (κ2) is 47.8. The van der Waals surface area contributed by atoms with Crippen LogP contribution in [0.25, 0.3) is 64.6 Å². The molecule has 13 aromatic rings. The van der Waals surface area contributed by atoms with Gasteiger partial charge in [0.05, 0.1) is 76.7 Å². The number of halogens is 42. The predicted molar refractivity (Wildman–Crippen MR) is 447 cm³/mol. The molecule has 0 fully saturated rings. The molecule has 0 bridgehead atoms. The predicted octanol–water partition coefficient (Wildman–Crippen LogP) is 30.4. The number of rotatable bonds is 38. The quantitative estimate of drug-likeness (QED) is 0.0135. The molecular formula is C97H72Al2F42N2. The number of fused-ring (bicyclic) bond motifs is 6. The monoisotopic (exact) mass is 2120 g/mol. The summed E-state index contributed by atoms with van der Waals surface area (Å²) in [5.41, 5.74) is 2.78. The van der Waals surface area contributed by atoms with Crippen molar-refractivity contribution in [3.63, 3.8) is 0 Å². The average Bonchev–Trinajstić information content (AvgIpc) is 0.724. The summed E-state index contributed by atoms with van der Waals surface area (Å²) in [5, 5.41) is -30.8. The summed E-state index contributed by atoms with van der Waals surface area (Å²) in [7, 11) is 0. The van der Waals surface area contributed by atoms with Crippen molar-refractivity contribution in [2.45, 2.75) is 219 Å².